The first-order chi connectivity index (χ1) is 29.0. The molecule has 60 heavy (non-hydrogen) atoms. The van der Waals surface area contributed by atoms with Crippen LogP contribution >= 0.6 is 0 Å². The molecule has 0 aromatic heterocycles. The number of hydrogen-bond donors (Lipinski definition) is 6. The number of fused-ring (bicyclic) bond motifs is 18. The SMILES string of the molecule is Cc1ccccc1-c1ccc(C[C@@H]2NC(=O)[C@@H](CCc3ccccc3)NC(=O)CCC(=O)Nc3ccc(cc3)C[C@@H](C(=O)O)NC(=O)[C@@H](Cc3ccccc3)NC2=O)cc1. The van der Waals surface area contributed by atoms with Crippen LogP contribution < -0.4 is 26.6 Å². The van der Waals surface area contributed by atoms with Gasteiger partial charge in [0.2, 0.25) is 29.5 Å². The highest BCUT2D eigenvalue weighted by Gasteiger charge is 2.32. The topological polar surface area (TPSA) is 183 Å². The van der Waals surface area contributed by atoms with Crippen LogP contribution in [0.5, 0.6) is 0 Å². The maximum Gasteiger partial charge on any atom is 0.326 e. The second kappa shape index (κ2) is 20.6. The minimum atomic E-state index is -1.35. The van der Waals surface area contributed by atoms with Crippen LogP contribution in [-0.2, 0) is 54.5 Å². The second-order valence-corrected chi connectivity index (χ2v) is 15.0. The van der Waals surface area contributed by atoms with E-state index in [-0.39, 0.29) is 38.5 Å². The van der Waals surface area contributed by atoms with Gasteiger partial charge in [0.1, 0.15) is 24.2 Å². The van der Waals surface area contributed by atoms with Crippen molar-refractivity contribution in [2.45, 2.75) is 76.0 Å². The summed E-state index contributed by atoms with van der Waals surface area (Å²) >= 11 is 0. The first-order valence-electron chi connectivity index (χ1n) is 20.1. The van der Waals surface area contributed by atoms with Crippen LogP contribution in [0.25, 0.3) is 11.1 Å². The van der Waals surface area contributed by atoms with Crippen molar-refractivity contribution >= 4 is 41.2 Å². The number of aliphatic carboxylic acids is 1. The Labute approximate surface area is 349 Å². The number of anilines is 1. The Hall–Kier alpha value is -7.08. The number of carbonyl (C=O) groups excluding carboxylic acids is 5. The van der Waals surface area contributed by atoms with Gasteiger partial charge < -0.3 is 31.7 Å². The molecule has 308 valence electrons. The molecule has 5 aromatic carbocycles. The molecular formula is C48H49N5O7. The number of hydrogen-bond acceptors (Lipinski definition) is 6. The van der Waals surface area contributed by atoms with Crippen molar-refractivity contribution in [2.75, 3.05) is 5.32 Å². The highest BCUT2D eigenvalue weighted by molar-refractivity contribution is 5.96. The average Bonchev–Trinajstić information content (AvgIpc) is 3.25. The lowest BCUT2D eigenvalue weighted by molar-refractivity contribution is -0.142. The van der Waals surface area contributed by atoms with Crippen LogP contribution in [0.1, 0.15) is 47.1 Å². The van der Waals surface area contributed by atoms with Gasteiger partial charge in [0.15, 0.2) is 0 Å². The number of benzene rings is 5. The molecular weight excluding hydrogens is 759 g/mol. The Morgan fingerprint density at radius 2 is 1.10 bits per heavy atom. The zero-order valence-corrected chi connectivity index (χ0v) is 33.4. The van der Waals surface area contributed by atoms with E-state index in [1.807, 2.05) is 91.9 Å². The molecule has 5 aromatic rings. The average molecular weight is 808 g/mol. The fraction of sp³-hybridized carbons (Fsp3) is 0.250. The molecule has 2 heterocycles. The highest BCUT2D eigenvalue weighted by atomic mass is 16.4. The molecule has 2 aliphatic heterocycles. The molecule has 0 fully saturated rings. The van der Waals surface area contributed by atoms with E-state index in [0.29, 0.717) is 23.2 Å². The van der Waals surface area contributed by atoms with E-state index in [1.54, 1.807) is 48.5 Å². The molecule has 6 N–H and O–H groups in total. The monoisotopic (exact) mass is 807 g/mol. The van der Waals surface area contributed by atoms with E-state index in [4.69, 9.17) is 0 Å². The van der Waals surface area contributed by atoms with E-state index in [0.717, 1.165) is 27.8 Å². The fourth-order valence-corrected chi connectivity index (χ4v) is 7.14. The van der Waals surface area contributed by atoms with Crippen molar-refractivity contribution in [2.24, 2.45) is 0 Å². The molecule has 0 unspecified atom stereocenters. The van der Waals surface area contributed by atoms with Crippen molar-refractivity contribution in [3.63, 3.8) is 0 Å². The van der Waals surface area contributed by atoms with Crippen molar-refractivity contribution in [3.05, 3.63) is 161 Å². The first kappa shape index (κ1) is 42.5. The van der Waals surface area contributed by atoms with Gasteiger partial charge in [-0.1, -0.05) is 121 Å². The maximum atomic E-state index is 14.5. The van der Waals surface area contributed by atoms with Gasteiger partial charge in [-0.05, 0) is 70.8 Å². The predicted octanol–water partition coefficient (Wildman–Crippen LogP) is 5.08. The zero-order valence-electron chi connectivity index (χ0n) is 33.4. The van der Waals surface area contributed by atoms with Crippen LogP contribution in [0.15, 0.2) is 133 Å². The molecule has 0 saturated heterocycles. The largest absolute Gasteiger partial charge is 0.480 e. The molecule has 2 aliphatic rings. The van der Waals surface area contributed by atoms with Crippen LogP contribution in [0, 0.1) is 6.92 Å². The van der Waals surface area contributed by atoms with Gasteiger partial charge in [0, 0.05) is 37.8 Å². The summed E-state index contributed by atoms with van der Waals surface area (Å²) in [4.78, 5) is 81.5. The van der Waals surface area contributed by atoms with Crippen molar-refractivity contribution in [3.8, 4) is 11.1 Å². The molecule has 12 heteroatoms. The summed E-state index contributed by atoms with van der Waals surface area (Å²) in [6.07, 6.45) is 0.222. The molecule has 2 bridgehead atoms. The summed E-state index contributed by atoms with van der Waals surface area (Å²) in [5.41, 5.74) is 6.49. The third-order valence-electron chi connectivity index (χ3n) is 10.5. The van der Waals surface area contributed by atoms with Crippen molar-refractivity contribution in [1.82, 2.24) is 21.3 Å². The zero-order chi connectivity index (χ0) is 42.4. The molecule has 5 amide bonds. The Morgan fingerprint density at radius 1 is 0.567 bits per heavy atom. The van der Waals surface area contributed by atoms with E-state index in [1.165, 1.54) is 0 Å². The minimum absolute atomic E-state index is 0.0262. The molecule has 0 radical (unpaired) electrons. The fourth-order valence-electron chi connectivity index (χ4n) is 7.14. The van der Waals surface area contributed by atoms with Gasteiger partial charge >= 0.3 is 5.97 Å². The molecule has 0 aliphatic carbocycles. The van der Waals surface area contributed by atoms with Gasteiger partial charge in [-0.2, -0.15) is 0 Å². The minimum Gasteiger partial charge on any atom is -0.480 e. The van der Waals surface area contributed by atoms with E-state index >= 15 is 0 Å². The quantitative estimate of drug-likeness (QED) is 0.112. The Balaban J connectivity index is 1.34. The third kappa shape index (κ3) is 12.2. The van der Waals surface area contributed by atoms with Crippen LogP contribution in [0.4, 0.5) is 5.69 Å². The summed E-state index contributed by atoms with van der Waals surface area (Å²) in [5, 5.41) is 24.0. The molecule has 4 atom stereocenters. The Morgan fingerprint density at radius 3 is 1.72 bits per heavy atom. The lowest BCUT2D eigenvalue weighted by Gasteiger charge is -2.26. The van der Waals surface area contributed by atoms with Gasteiger partial charge in [-0.15, -0.1) is 0 Å². The van der Waals surface area contributed by atoms with Crippen LogP contribution in [0.3, 0.4) is 0 Å². The summed E-state index contributed by atoms with van der Waals surface area (Å²) in [6, 6.07) is 35.6. The lowest BCUT2D eigenvalue weighted by atomic mass is 9.97. The van der Waals surface area contributed by atoms with Crippen LogP contribution in [0.2, 0.25) is 0 Å². The normalized spacial score (nSPS) is 19.4. The number of carboxylic acid groups (broad SMARTS) is 1. The first-order valence-corrected chi connectivity index (χ1v) is 20.1. The predicted molar refractivity (Wildman–Crippen MR) is 229 cm³/mol. The number of amides is 5. The highest BCUT2D eigenvalue weighted by Crippen LogP contribution is 2.24. The standard InChI is InChI=1S/C48H49N5O7/c1-31-10-8-9-15-38(31)36-21-16-34(17-22-36)29-41-46(57)52-40(28-33-13-6-3-7-14-33)47(58)53-42(48(59)60)30-35-18-23-37(24-19-35)49-43(54)26-27-44(55)50-39(45(56)51-41)25-20-32-11-4-2-5-12-32/h2-19,21-24,39-42H,20,25-30H2,1H3,(H,49,54)(H,50,55)(H,51,56)(H,52,57)(H,53,58)(H,59,60)/t39-,40-,41+,42+/m1/s1. The lowest BCUT2D eigenvalue weighted by Crippen LogP contribution is -2.59. The number of carboxylic acids is 1. The van der Waals surface area contributed by atoms with Crippen molar-refractivity contribution in [1.29, 1.82) is 0 Å². The molecule has 0 spiro atoms. The summed E-state index contributed by atoms with van der Waals surface area (Å²) in [7, 11) is 0. The molecule has 0 saturated carbocycles. The molecule has 12 nitrogen and oxygen atoms in total. The summed E-state index contributed by atoms with van der Waals surface area (Å²) < 4.78 is 0. The number of rotatable bonds is 9. The van der Waals surface area contributed by atoms with E-state index < -0.39 is 59.7 Å². The van der Waals surface area contributed by atoms with E-state index in [9.17, 15) is 33.9 Å². The summed E-state index contributed by atoms with van der Waals surface area (Å²) in [5.74, 6) is -4.26. The van der Waals surface area contributed by atoms with Gasteiger partial charge in [0.05, 0.1) is 0 Å². The van der Waals surface area contributed by atoms with Crippen molar-refractivity contribution < 1.29 is 33.9 Å². The number of carbonyl (C=O) groups is 6. The number of aryl methyl sites for hydroxylation is 2. The molecule has 7 rings (SSSR count). The summed E-state index contributed by atoms with van der Waals surface area (Å²) in [6.45, 7) is 2.02. The smallest absolute Gasteiger partial charge is 0.326 e. The third-order valence-corrected chi connectivity index (χ3v) is 10.5. The Kier molecular flexibility index (Phi) is 14.6. The van der Waals surface area contributed by atoms with Gasteiger partial charge in [0.25, 0.3) is 0 Å². The Bertz CT molecular complexity index is 2280. The number of nitrogens with one attached hydrogen (secondary N) is 5. The van der Waals surface area contributed by atoms with Gasteiger partial charge in [-0.25, -0.2) is 4.79 Å². The van der Waals surface area contributed by atoms with Gasteiger partial charge in [-0.3, -0.25) is 24.0 Å². The van der Waals surface area contributed by atoms with Crippen LogP contribution in [-0.4, -0.2) is 64.8 Å². The second-order valence-electron chi connectivity index (χ2n) is 15.0. The van der Waals surface area contributed by atoms with E-state index in [2.05, 4.69) is 26.6 Å². The maximum absolute atomic E-state index is 14.5.